The lowest BCUT2D eigenvalue weighted by Crippen LogP contribution is -2.31. The molecule has 1 radical (unpaired) electrons. The SMILES string of the molecule is [CH2][C@@H]1CCCCN1. The highest BCUT2D eigenvalue weighted by Crippen LogP contribution is 2.04. The smallest absolute Gasteiger partial charge is 0.00676 e. The molecule has 1 heterocycles. The molecule has 1 aliphatic rings. The third-order valence-electron chi connectivity index (χ3n) is 1.41. The van der Waals surface area contributed by atoms with Crippen molar-refractivity contribution in [3.8, 4) is 0 Å². The van der Waals surface area contributed by atoms with Gasteiger partial charge in [-0.05, 0) is 26.3 Å². The quantitative estimate of drug-likeness (QED) is 0.476. The molecule has 1 rings (SSSR count). The van der Waals surface area contributed by atoms with E-state index in [2.05, 4.69) is 12.2 Å². The second kappa shape index (κ2) is 2.31. The molecule has 1 atom stereocenters. The third-order valence-corrected chi connectivity index (χ3v) is 1.41. The van der Waals surface area contributed by atoms with Crippen molar-refractivity contribution in [1.29, 1.82) is 0 Å². The molecular formula is C6H12N. The van der Waals surface area contributed by atoms with Gasteiger partial charge in [0.1, 0.15) is 0 Å². The van der Waals surface area contributed by atoms with Gasteiger partial charge in [0.05, 0.1) is 0 Å². The van der Waals surface area contributed by atoms with Crippen molar-refractivity contribution >= 4 is 0 Å². The summed E-state index contributed by atoms with van der Waals surface area (Å²) in [5, 5.41) is 3.27. The Bertz CT molecular complexity index is 46.1. The predicted octanol–water partition coefficient (Wildman–Crippen LogP) is 0.963. The minimum atomic E-state index is 0.536. The lowest BCUT2D eigenvalue weighted by atomic mass is 10.1. The molecule has 1 heteroatoms. The molecule has 1 N–H and O–H groups in total. The highest BCUT2D eigenvalue weighted by molar-refractivity contribution is 4.72. The molecule has 1 aliphatic heterocycles. The zero-order chi connectivity index (χ0) is 5.11. The molecule has 0 aromatic rings. The average molecular weight is 98.2 g/mol. The first kappa shape index (κ1) is 5.10. The Kier molecular flexibility index (Phi) is 1.69. The van der Waals surface area contributed by atoms with Crippen molar-refractivity contribution < 1.29 is 0 Å². The molecular weight excluding hydrogens is 86.1 g/mol. The van der Waals surface area contributed by atoms with E-state index < -0.39 is 0 Å². The van der Waals surface area contributed by atoms with E-state index >= 15 is 0 Å². The molecule has 0 bridgehead atoms. The number of rotatable bonds is 0. The van der Waals surface area contributed by atoms with E-state index in [9.17, 15) is 0 Å². The van der Waals surface area contributed by atoms with E-state index in [-0.39, 0.29) is 0 Å². The summed E-state index contributed by atoms with van der Waals surface area (Å²) in [6.07, 6.45) is 3.97. The van der Waals surface area contributed by atoms with E-state index in [1.165, 1.54) is 25.8 Å². The lowest BCUT2D eigenvalue weighted by molar-refractivity contribution is 0.452. The van der Waals surface area contributed by atoms with Crippen LogP contribution in [0.2, 0.25) is 0 Å². The van der Waals surface area contributed by atoms with Crippen molar-refractivity contribution in [3.63, 3.8) is 0 Å². The molecule has 0 saturated carbocycles. The van der Waals surface area contributed by atoms with Gasteiger partial charge in [0.2, 0.25) is 0 Å². The molecule has 0 amide bonds. The molecule has 1 nitrogen and oxygen atoms in total. The standard InChI is InChI=1S/C6H12N/c1-6-4-2-3-5-7-6/h6-7H,1-5H2/t6-/m1/s1. The van der Waals surface area contributed by atoms with Crippen LogP contribution in [0.1, 0.15) is 19.3 Å². The van der Waals surface area contributed by atoms with E-state index in [1.54, 1.807) is 0 Å². The van der Waals surface area contributed by atoms with Crippen molar-refractivity contribution in [2.45, 2.75) is 25.3 Å². The maximum absolute atomic E-state index is 3.89. The predicted molar refractivity (Wildman–Crippen MR) is 31.0 cm³/mol. The van der Waals surface area contributed by atoms with Crippen LogP contribution in [-0.4, -0.2) is 12.6 Å². The van der Waals surface area contributed by atoms with Crippen LogP contribution < -0.4 is 5.32 Å². The van der Waals surface area contributed by atoms with Gasteiger partial charge in [-0.15, -0.1) is 0 Å². The number of piperidine rings is 1. The first-order valence-corrected chi connectivity index (χ1v) is 2.96. The summed E-state index contributed by atoms with van der Waals surface area (Å²) < 4.78 is 0. The zero-order valence-electron chi connectivity index (χ0n) is 4.61. The van der Waals surface area contributed by atoms with Gasteiger partial charge in [-0.2, -0.15) is 0 Å². The fourth-order valence-electron chi connectivity index (χ4n) is 0.924. The molecule has 0 aliphatic carbocycles. The van der Waals surface area contributed by atoms with Crippen molar-refractivity contribution in [3.05, 3.63) is 6.92 Å². The lowest BCUT2D eigenvalue weighted by Gasteiger charge is -2.18. The van der Waals surface area contributed by atoms with Crippen LogP contribution in [0, 0.1) is 6.92 Å². The van der Waals surface area contributed by atoms with Crippen LogP contribution in [-0.2, 0) is 0 Å². The fourth-order valence-corrected chi connectivity index (χ4v) is 0.924. The van der Waals surface area contributed by atoms with Gasteiger partial charge in [0, 0.05) is 6.04 Å². The maximum atomic E-state index is 3.89. The fraction of sp³-hybridized carbons (Fsp3) is 0.833. The van der Waals surface area contributed by atoms with E-state index in [0.29, 0.717) is 6.04 Å². The number of hydrogen-bond acceptors (Lipinski definition) is 1. The summed E-state index contributed by atoms with van der Waals surface area (Å²) in [7, 11) is 0. The second-order valence-corrected chi connectivity index (χ2v) is 2.15. The Morgan fingerprint density at radius 1 is 1.43 bits per heavy atom. The van der Waals surface area contributed by atoms with E-state index in [4.69, 9.17) is 0 Å². The summed E-state index contributed by atoms with van der Waals surface area (Å²) in [4.78, 5) is 0. The van der Waals surface area contributed by atoms with Crippen LogP contribution in [0.3, 0.4) is 0 Å². The van der Waals surface area contributed by atoms with Gasteiger partial charge >= 0.3 is 0 Å². The summed E-state index contributed by atoms with van der Waals surface area (Å²) in [5.41, 5.74) is 0. The Balaban J connectivity index is 2.12. The summed E-state index contributed by atoms with van der Waals surface area (Å²) in [6, 6.07) is 0.536. The first-order chi connectivity index (χ1) is 3.39. The molecule has 1 saturated heterocycles. The Labute approximate surface area is 45.1 Å². The maximum Gasteiger partial charge on any atom is 0.00676 e. The molecule has 41 valence electrons. The zero-order valence-corrected chi connectivity index (χ0v) is 4.61. The molecule has 0 unspecified atom stereocenters. The number of hydrogen-bond donors (Lipinski definition) is 1. The number of nitrogens with one attached hydrogen (secondary N) is 1. The van der Waals surface area contributed by atoms with Crippen LogP contribution in [0.15, 0.2) is 0 Å². The third kappa shape index (κ3) is 1.48. The highest BCUT2D eigenvalue weighted by atomic mass is 14.9. The molecule has 1 fully saturated rings. The van der Waals surface area contributed by atoms with Crippen LogP contribution >= 0.6 is 0 Å². The van der Waals surface area contributed by atoms with Gasteiger partial charge in [0.15, 0.2) is 0 Å². The molecule has 0 aromatic heterocycles. The van der Waals surface area contributed by atoms with Gasteiger partial charge in [-0.25, -0.2) is 0 Å². The van der Waals surface area contributed by atoms with Crippen LogP contribution in [0.4, 0.5) is 0 Å². The minimum absolute atomic E-state index is 0.536. The average Bonchev–Trinajstić information content (AvgIpc) is 1.69. The van der Waals surface area contributed by atoms with Crippen molar-refractivity contribution in [2.75, 3.05) is 6.54 Å². The van der Waals surface area contributed by atoms with Crippen molar-refractivity contribution in [1.82, 2.24) is 5.32 Å². The topological polar surface area (TPSA) is 12.0 Å². The van der Waals surface area contributed by atoms with Crippen LogP contribution in [0.5, 0.6) is 0 Å². The summed E-state index contributed by atoms with van der Waals surface area (Å²) in [5.74, 6) is 0. The summed E-state index contributed by atoms with van der Waals surface area (Å²) in [6.45, 7) is 5.06. The van der Waals surface area contributed by atoms with Gasteiger partial charge in [-0.3, -0.25) is 0 Å². The van der Waals surface area contributed by atoms with Gasteiger partial charge in [0.25, 0.3) is 0 Å². The second-order valence-electron chi connectivity index (χ2n) is 2.15. The van der Waals surface area contributed by atoms with E-state index in [1.807, 2.05) is 0 Å². The largest absolute Gasteiger partial charge is 0.314 e. The molecule has 0 aromatic carbocycles. The summed E-state index contributed by atoms with van der Waals surface area (Å²) >= 11 is 0. The van der Waals surface area contributed by atoms with Crippen molar-refractivity contribution in [2.24, 2.45) is 0 Å². The Morgan fingerprint density at radius 2 is 2.29 bits per heavy atom. The minimum Gasteiger partial charge on any atom is -0.314 e. The van der Waals surface area contributed by atoms with Gasteiger partial charge < -0.3 is 5.32 Å². The Hall–Kier alpha value is -0.0400. The monoisotopic (exact) mass is 98.1 g/mol. The normalized spacial score (nSPS) is 33.0. The van der Waals surface area contributed by atoms with Gasteiger partial charge in [-0.1, -0.05) is 6.42 Å². The van der Waals surface area contributed by atoms with E-state index in [0.717, 1.165) is 0 Å². The Morgan fingerprint density at radius 3 is 2.57 bits per heavy atom. The first-order valence-electron chi connectivity index (χ1n) is 2.96. The highest BCUT2D eigenvalue weighted by Gasteiger charge is 2.04. The molecule has 7 heavy (non-hydrogen) atoms. The molecule has 0 spiro atoms. The van der Waals surface area contributed by atoms with Crippen LogP contribution in [0.25, 0.3) is 0 Å².